The third-order valence-electron chi connectivity index (χ3n) is 2.39. The van der Waals surface area contributed by atoms with Gasteiger partial charge in [-0.05, 0) is 24.3 Å². The third kappa shape index (κ3) is 1.29. The maximum Gasteiger partial charge on any atom is 0.100 e. The first-order valence-electron chi connectivity index (χ1n) is 4.77. The zero-order valence-electron chi connectivity index (χ0n) is 8.04. The summed E-state index contributed by atoms with van der Waals surface area (Å²) in [5.74, 6) is 0. The average Bonchev–Trinajstić information content (AvgIpc) is 2.74. The number of rotatable bonds is 1. The molecule has 0 aliphatic carbocycles. The lowest BCUT2D eigenvalue weighted by Crippen LogP contribution is -1.90. The van der Waals surface area contributed by atoms with Crippen molar-refractivity contribution < 1.29 is 0 Å². The number of pyridine rings is 1. The standard InChI is InChI=1S/C12H9N3/c1-2-4-12-11(3-1)14-9-15(12)10-5-7-13-8-6-10/h1-9H. The molecule has 0 saturated heterocycles. The molecule has 0 aliphatic rings. The number of imidazole rings is 1. The van der Waals surface area contributed by atoms with Gasteiger partial charge >= 0.3 is 0 Å². The Labute approximate surface area is 87.0 Å². The molecule has 0 unspecified atom stereocenters. The second kappa shape index (κ2) is 3.20. The van der Waals surface area contributed by atoms with Crippen LogP contribution in [-0.2, 0) is 0 Å². The van der Waals surface area contributed by atoms with Crippen LogP contribution in [0.2, 0.25) is 0 Å². The van der Waals surface area contributed by atoms with E-state index in [0.29, 0.717) is 0 Å². The van der Waals surface area contributed by atoms with Crippen molar-refractivity contribution in [2.75, 3.05) is 0 Å². The van der Waals surface area contributed by atoms with Crippen LogP contribution in [0.3, 0.4) is 0 Å². The molecule has 1 aromatic carbocycles. The van der Waals surface area contributed by atoms with E-state index in [1.807, 2.05) is 36.7 Å². The highest BCUT2D eigenvalue weighted by Crippen LogP contribution is 2.16. The van der Waals surface area contributed by atoms with E-state index in [0.717, 1.165) is 16.7 Å². The number of para-hydroxylation sites is 2. The summed E-state index contributed by atoms with van der Waals surface area (Å²) >= 11 is 0. The fourth-order valence-electron chi connectivity index (χ4n) is 1.67. The van der Waals surface area contributed by atoms with E-state index in [4.69, 9.17) is 0 Å². The second-order valence-corrected chi connectivity index (χ2v) is 3.31. The van der Waals surface area contributed by atoms with Crippen molar-refractivity contribution >= 4 is 11.0 Å². The molecule has 0 spiro atoms. The molecule has 0 amide bonds. The Balaban J connectivity index is 2.28. The highest BCUT2D eigenvalue weighted by atomic mass is 15.0. The second-order valence-electron chi connectivity index (χ2n) is 3.31. The molecule has 72 valence electrons. The Hall–Kier alpha value is -2.16. The largest absolute Gasteiger partial charge is 0.299 e. The van der Waals surface area contributed by atoms with Crippen molar-refractivity contribution in [3.63, 3.8) is 0 Å². The maximum atomic E-state index is 4.34. The number of fused-ring (bicyclic) bond motifs is 1. The molecule has 0 N–H and O–H groups in total. The smallest absolute Gasteiger partial charge is 0.100 e. The van der Waals surface area contributed by atoms with E-state index < -0.39 is 0 Å². The van der Waals surface area contributed by atoms with Crippen molar-refractivity contribution in [3.8, 4) is 5.69 Å². The summed E-state index contributed by atoms with van der Waals surface area (Å²) in [5, 5.41) is 0. The lowest BCUT2D eigenvalue weighted by atomic mass is 10.3. The van der Waals surface area contributed by atoms with Crippen LogP contribution in [0, 0.1) is 0 Å². The predicted octanol–water partition coefficient (Wildman–Crippen LogP) is 2.42. The molecule has 2 aromatic heterocycles. The summed E-state index contributed by atoms with van der Waals surface area (Å²) in [6.07, 6.45) is 5.40. The number of aromatic nitrogens is 3. The van der Waals surface area contributed by atoms with Gasteiger partial charge in [0.15, 0.2) is 0 Å². The predicted molar refractivity (Wildman–Crippen MR) is 58.9 cm³/mol. The van der Waals surface area contributed by atoms with Gasteiger partial charge in [0.2, 0.25) is 0 Å². The first kappa shape index (κ1) is 8.17. The Morgan fingerprint density at radius 3 is 2.60 bits per heavy atom. The van der Waals surface area contributed by atoms with Gasteiger partial charge in [-0.3, -0.25) is 9.55 Å². The summed E-state index contributed by atoms with van der Waals surface area (Å²) in [5.41, 5.74) is 3.21. The minimum atomic E-state index is 1.01. The van der Waals surface area contributed by atoms with Crippen LogP contribution in [0.25, 0.3) is 16.7 Å². The summed E-state index contributed by atoms with van der Waals surface area (Å²) in [4.78, 5) is 8.34. The Morgan fingerprint density at radius 1 is 0.933 bits per heavy atom. The van der Waals surface area contributed by atoms with E-state index in [1.165, 1.54) is 0 Å². The molecule has 0 bridgehead atoms. The molecule has 0 aliphatic heterocycles. The minimum Gasteiger partial charge on any atom is -0.299 e. The molecular weight excluding hydrogens is 186 g/mol. The van der Waals surface area contributed by atoms with Gasteiger partial charge in [-0.1, -0.05) is 12.1 Å². The van der Waals surface area contributed by atoms with Gasteiger partial charge in [0.25, 0.3) is 0 Å². The quantitative estimate of drug-likeness (QED) is 0.597. The molecule has 0 atom stereocenters. The monoisotopic (exact) mass is 195 g/mol. The van der Waals surface area contributed by atoms with Crippen molar-refractivity contribution in [3.05, 3.63) is 55.1 Å². The Morgan fingerprint density at radius 2 is 1.73 bits per heavy atom. The van der Waals surface area contributed by atoms with E-state index in [1.54, 1.807) is 12.4 Å². The van der Waals surface area contributed by atoms with Crippen molar-refractivity contribution in [2.45, 2.75) is 0 Å². The minimum absolute atomic E-state index is 1.01. The van der Waals surface area contributed by atoms with Crippen molar-refractivity contribution in [1.82, 2.24) is 14.5 Å². The molecule has 0 saturated carbocycles. The maximum absolute atomic E-state index is 4.34. The number of hydrogen-bond acceptors (Lipinski definition) is 2. The molecule has 2 heterocycles. The van der Waals surface area contributed by atoms with Gasteiger partial charge in [0.1, 0.15) is 6.33 Å². The van der Waals surface area contributed by atoms with E-state index in [-0.39, 0.29) is 0 Å². The van der Waals surface area contributed by atoms with Gasteiger partial charge in [0, 0.05) is 12.4 Å². The number of hydrogen-bond donors (Lipinski definition) is 0. The molecule has 15 heavy (non-hydrogen) atoms. The van der Waals surface area contributed by atoms with Gasteiger partial charge in [-0.2, -0.15) is 0 Å². The summed E-state index contributed by atoms with van der Waals surface area (Å²) in [6.45, 7) is 0. The highest BCUT2D eigenvalue weighted by Gasteiger charge is 2.01. The molecule has 3 nitrogen and oxygen atoms in total. The van der Waals surface area contributed by atoms with Gasteiger partial charge in [0.05, 0.1) is 16.7 Å². The van der Waals surface area contributed by atoms with Crippen molar-refractivity contribution in [1.29, 1.82) is 0 Å². The summed E-state index contributed by atoms with van der Waals surface area (Å²) < 4.78 is 2.05. The van der Waals surface area contributed by atoms with Gasteiger partial charge < -0.3 is 0 Å². The number of nitrogens with zero attached hydrogens (tertiary/aromatic N) is 3. The fraction of sp³-hybridized carbons (Fsp3) is 0. The average molecular weight is 195 g/mol. The summed E-state index contributed by atoms with van der Waals surface area (Å²) in [7, 11) is 0. The molecule has 3 heteroatoms. The normalized spacial score (nSPS) is 10.7. The molecule has 3 aromatic rings. The van der Waals surface area contributed by atoms with E-state index in [9.17, 15) is 0 Å². The molecule has 3 rings (SSSR count). The first-order chi connectivity index (χ1) is 7.45. The van der Waals surface area contributed by atoms with Crippen LogP contribution in [0.4, 0.5) is 0 Å². The topological polar surface area (TPSA) is 30.7 Å². The lowest BCUT2D eigenvalue weighted by molar-refractivity contribution is 1.08. The number of benzene rings is 1. The van der Waals surface area contributed by atoms with Gasteiger partial charge in [-0.25, -0.2) is 4.98 Å². The lowest BCUT2D eigenvalue weighted by Gasteiger charge is -2.02. The zero-order chi connectivity index (χ0) is 10.1. The van der Waals surface area contributed by atoms with Crippen LogP contribution in [0.5, 0.6) is 0 Å². The Bertz CT molecular complexity index is 584. The summed E-state index contributed by atoms with van der Waals surface area (Å²) in [6, 6.07) is 12.0. The SMILES string of the molecule is c1ccc2c(c1)ncn2-c1ccncc1. The molecule has 0 fully saturated rings. The molecule has 0 radical (unpaired) electrons. The Kier molecular flexibility index (Phi) is 1.75. The first-order valence-corrected chi connectivity index (χ1v) is 4.77. The third-order valence-corrected chi connectivity index (χ3v) is 2.39. The van der Waals surface area contributed by atoms with E-state index >= 15 is 0 Å². The van der Waals surface area contributed by atoms with E-state index in [2.05, 4.69) is 20.6 Å². The van der Waals surface area contributed by atoms with Crippen LogP contribution in [0.1, 0.15) is 0 Å². The van der Waals surface area contributed by atoms with Crippen LogP contribution in [0.15, 0.2) is 55.1 Å². The van der Waals surface area contributed by atoms with Crippen molar-refractivity contribution in [2.24, 2.45) is 0 Å². The van der Waals surface area contributed by atoms with Crippen LogP contribution in [-0.4, -0.2) is 14.5 Å². The fourth-order valence-corrected chi connectivity index (χ4v) is 1.67. The zero-order valence-corrected chi connectivity index (χ0v) is 8.04. The van der Waals surface area contributed by atoms with Gasteiger partial charge in [-0.15, -0.1) is 0 Å². The highest BCUT2D eigenvalue weighted by molar-refractivity contribution is 5.77. The van der Waals surface area contributed by atoms with Crippen LogP contribution < -0.4 is 0 Å². The molecular formula is C12H9N3. The van der Waals surface area contributed by atoms with Crippen LogP contribution >= 0.6 is 0 Å².